The molecule has 1 aromatic heterocycles. The van der Waals surface area contributed by atoms with E-state index >= 15 is 0 Å². The van der Waals surface area contributed by atoms with Crippen LogP contribution in [0.2, 0.25) is 5.02 Å². The molecular weight excluding hydrogens is 406 g/mol. The van der Waals surface area contributed by atoms with E-state index in [0.29, 0.717) is 34.5 Å². The van der Waals surface area contributed by atoms with E-state index in [1.807, 2.05) is 31.2 Å². The van der Waals surface area contributed by atoms with Gasteiger partial charge in [0, 0.05) is 17.5 Å². The van der Waals surface area contributed by atoms with E-state index in [1.165, 1.54) is 0 Å². The van der Waals surface area contributed by atoms with E-state index in [-0.39, 0.29) is 12.3 Å². The van der Waals surface area contributed by atoms with Gasteiger partial charge in [0.1, 0.15) is 5.82 Å². The highest BCUT2D eigenvalue weighted by atomic mass is 35.5. The number of ether oxygens (including phenoxy) is 3. The third-order valence-electron chi connectivity index (χ3n) is 4.56. The summed E-state index contributed by atoms with van der Waals surface area (Å²) in [4.78, 5) is 12.6. The molecule has 3 aromatic rings. The first kappa shape index (κ1) is 21.5. The molecule has 8 heteroatoms. The molecule has 0 atom stereocenters. The summed E-state index contributed by atoms with van der Waals surface area (Å²) in [6.45, 7) is 1.87. The standard InChI is InChI=1S/C22H24ClN3O4/c1-14-12-19(26(25-14)17-7-5-6-16(23)13-17)24-20(27)11-9-15-8-10-18(28-2)22(30-4)21(15)29-3/h5-8,10,12-13H,9,11H2,1-4H3,(H,24,27). The minimum Gasteiger partial charge on any atom is -0.493 e. The van der Waals surface area contributed by atoms with Gasteiger partial charge in [0.15, 0.2) is 11.5 Å². The van der Waals surface area contributed by atoms with E-state index < -0.39 is 0 Å². The fourth-order valence-corrected chi connectivity index (χ4v) is 3.39. The van der Waals surface area contributed by atoms with Crippen LogP contribution in [0.3, 0.4) is 0 Å². The third-order valence-corrected chi connectivity index (χ3v) is 4.79. The minimum absolute atomic E-state index is 0.144. The molecule has 3 rings (SSSR count). The first-order valence-corrected chi connectivity index (χ1v) is 9.75. The molecule has 0 fully saturated rings. The molecule has 0 aliphatic rings. The summed E-state index contributed by atoms with van der Waals surface area (Å²) < 4.78 is 17.9. The first-order chi connectivity index (χ1) is 14.5. The maximum absolute atomic E-state index is 12.6. The molecule has 0 radical (unpaired) electrons. The Hall–Kier alpha value is -3.19. The number of aryl methyl sites for hydroxylation is 2. The molecular formula is C22H24ClN3O4. The zero-order valence-electron chi connectivity index (χ0n) is 17.4. The number of aromatic nitrogens is 2. The molecule has 7 nitrogen and oxygen atoms in total. The number of anilines is 1. The van der Waals surface area contributed by atoms with Gasteiger partial charge in [-0.05, 0) is 43.2 Å². The number of benzene rings is 2. The van der Waals surface area contributed by atoms with E-state index in [4.69, 9.17) is 25.8 Å². The molecule has 30 heavy (non-hydrogen) atoms. The molecule has 0 bridgehead atoms. The van der Waals surface area contributed by atoms with Gasteiger partial charge in [0.2, 0.25) is 11.7 Å². The van der Waals surface area contributed by atoms with Crippen LogP contribution in [-0.4, -0.2) is 37.0 Å². The molecule has 0 unspecified atom stereocenters. The fraction of sp³-hybridized carbons (Fsp3) is 0.273. The Bertz CT molecular complexity index is 1050. The maximum atomic E-state index is 12.6. The Morgan fingerprint density at radius 3 is 2.50 bits per heavy atom. The maximum Gasteiger partial charge on any atom is 0.225 e. The van der Waals surface area contributed by atoms with Crippen molar-refractivity contribution in [2.24, 2.45) is 0 Å². The highest BCUT2D eigenvalue weighted by Crippen LogP contribution is 2.40. The van der Waals surface area contributed by atoms with Gasteiger partial charge in [-0.2, -0.15) is 5.10 Å². The molecule has 158 valence electrons. The number of hydrogen-bond donors (Lipinski definition) is 1. The summed E-state index contributed by atoms with van der Waals surface area (Å²) in [5.74, 6) is 2.08. The number of halogens is 1. The molecule has 1 amide bonds. The lowest BCUT2D eigenvalue weighted by Crippen LogP contribution is -2.15. The number of carbonyl (C=O) groups excluding carboxylic acids is 1. The number of amides is 1. The number of carbonyl (C=O) groups is 1. The van der Waals surface area contributed by atoms with Crippen LogP contribution in [0.1, 0.15) is 17.7 Å². The van der Waals surface area contributed by atoms with Crippen molar-refractivity contribution >= 4 is 23.3 Å². The van der Waals surface area contributed by atoms with Gasteiger partial charge in [0.05, 0.1) is 32.7 Å². The van der Waals surface area contributed by atoms with E-state index in [9.17, 15) is 4.79 Å². The predicted octanol–water partition coefficient (Wildman–Crippen LogP) is 4.43. The van der Waals surface area contributed by atoms with Crippen LogP contribution >= 0.6 is 11.6 Å². The number of hydrogen-bond acceptors (Lipinski definition) is 5. The number of nitrogens with zero attached hydrogens (tertiary/aromatic N) is 2. The van der Waals surface area contributed by atoms with Crippen LogP contribution < -0.4 is 19.5 Å². The Morgan fingerprint density at radius 2 is 1.83 bits per heavy atom. The normalized spacial score (nSPS) is 10.6. The van der Waals surface area contributed by atoms with Crippen molar-refractivity contribution in [1.29, 1.82) is 0 Å². The van der Waals surface area contributed by atoms with Crippen molar-refractivity contribution in [2.75, 3.05) is 26.6 Å². The molecule has 0 aliphatic heterocycles. The van der Waals surface area contributed by atoms with Gasteiger partial charge in [0.25, 0.3) is 0 Å². The second-order valence-electron chi connectivity index (χ2n) is 6.60. The Labute approximate surface area is 180 Å². The minimum atomic E-state index is -0.144. The van der Waals surface area contributed by atoms with Crippen LogP contribution in [0.5, 0.6) is 17.2 Å². The quantitative estimate of drug-likeness (QED) is 0.573. The summed E-state index contributed by atoms with van der Waals surface area (Å²) in [5, 5.41) is 7.98. The van der Waals surface area contributed by atoms with Gasteiger partial charge >= 0.3 is 0 Å². The SMILES string of the molecule is COc1ccc(CCC(=O)Nc2cc(C)nn2-c2cccc(Cl)c2)c(OC)c1OC. The van der Waals surface area contributed by atoms with Gasteiger partial charge in [-0.3, -0.25) is 4.79 Å². The van der Waals surface area contributed by atoms with E-state index in [1.54, 1.807) is 44.2 Å². The Kier molecular flexibility index (Phi) is 6.84. The molecule has 0 saturated heterocycles. The average Bonchev–Trinajstić information content (AvgIpc) is 3.11. The second kappa shape index (κ2) is 9.54. The monoisotopic (exact) mass is 429 g/mol. The molecule has 0 saturated carbocycles. The van der Waals surface area contributed by atoms with Crippen LogP contribution in [0.25, 0.3) is 5.69 Å². The zero-order chi connectivity index (χ0) is 21.7. The van der Waals surface area contributed by atoms with Crippen molar-refractivity contribution in [3.63, 3.8) is 0 Å². The summed E-state index contributed by atoms with van der Waals surface area (Å²) in [7, 11) is 4.68. The Balaban J connectivity index is 1.75. The first-order valence-electron chi connectivity index (χ1n) is 9.37. The molecule has 1 N–H and O–H groups in total. The van der Waals surface area contributed by atoms with Gasteiger partial charge < -0.3 is 19.5 Å². The molecule has 0 spiro atoms. The summed E-state index contributed by atoms with van der Waals surface area (Å²) in [6.07, 6.45) is 0.727. The number of methoxy groups -OCH3 is 3. The van der Waals surface area contributed by atoms with Crippen molar-refractivity contribution in [3.8, 4) is 22.9 Å². The average molecular weight is 430 g/mol. The van der Waals surface area contributed by atoms with E-state index in [0.717, 1.165) is 16.9 Å². The molecule has 0 aliphatic carbocycles. The largest absolute Gasteiger partial charge is 0.493 e. The summed E-state index contributed by atoms with van der Waals surface area (Å²) in [5.41, 5.74) is 2.41. The Morgan fingerprint density at radius 1 is 1.07 bits per heavy atom. The number of nitrogens with one attached hydrogen (secondary N) is 1. The summed E-state index contributed by atoms with van der Waals surface area (Å²) in [6, 6.07) is 12.8. The summed E-state index contributed by atoms with van der Waals surface area (Å²) >= 11 is 6.09. The van der Waals surface area contributed by atoms with Crippen molar-refractivity contribution in [2.45, 2.75) is 19.8 Å². The lowest BCUT2D eigenvalue weighted by molar-refractivity contribution is -0.116. The fourth-order valence-electron chi connectivity index (χ4n) is 3.21. The van der Waals surface area contributed by atoms with Gasteiger partial charge in [-0.1, -0.05) is 23.7 Å². The van der Waals surface area contributed by atoms with Crippen LogP contribution in [-0.2, 0) is 11.2 Å². The third kappa shape index (κ3) is 4.68. The molecule has 2 aromatic carbocycles. The van der Waals surface area contributed by atoms with E-state index in [2.05, 4.69) is 10.4 Å². The van der Waals surface area contributed by atoms with Crippen LogP contribution in [0.4, 0.5) is 5.82 Å². The topological polar surface area (TPSA) is 74.6 Å². The van der Waals surface area contributed by atoms with Crippen molar-refractivity contribution in [1.82, 2.24) is 9.78 Å². The number of rotatable bonds is 8. The molecule has 1 heterocycles. The van der Waals surface area contributed by atoms with Crippen molar-refractivity contribution < 1.29 is 19.0 Å². The lowest BCUT2D eigenvalue weighted by Gasteiger charge is -2.15. The second-order valence-corrected chi connectivity index (χ2v) is 7.04. The van der Waals surface area contributed by atoms with Gasteiger partial charge in [-0.15, -0.1) is 0 Å². The van der Waals surface area contributed by atoms with Crippen LogP contribution in [0.15, 0.2) is 42.5 Å². The highest BCUT2D eigenvalue weighted by molar-refractivity contribution is 6.30. The van der Waals surface area contributed by atoms with Gasteiger partial charge in [-0.25, -0.2) is 4.68 Å². The lowest BCUT2D eigenvalue weighted by atomic mass is 10.1. The zero-order valence-corrected chi connectivity index (χ0v) is 18.1. The van der Waals surface area contributed by atoms with Crippen LogP contribution in [0, 0.1) is 6.92 Å². The van der Waals surface area contributed by atoms with Crippen molar-refractivity contribution in [3.05, 3.63) is 58.7 Å². The smallest absolute Gasteiger partial charge is 0.225 e. The predicted molar refractivity (Wildman–Crippen MR) is 116 cm³/mol. The highest BCUT2D eigenvalue weighted by Gasteiger charge is 2.17.